The van der Waals surface area contributed by atoms with Crippen LogP contribution >= 0.6 is 6.72 Å². The molecule has 0 radical (unpaired) electrons. The van der Waals surface area contributed by atoms with Crippen molar-refractivity contribution in [3.63, 3.8) is 0 Å². The van der Waals surface area contributed by atoms with Gasteiger partial charge < -0.3 is 24.4 Å². The van der Waals surface area contributed by atoms with Gasteiger partial charge in [0.1, 0.15) is 6.23 Å². The van der Waals surface area contributed by atoms with E-state index in [1.54, 1.807) is 4.57 Å². The quantitative estimate of drug-likeness (QED) is 0.643. The second-order valence-corrected chi connectivity index (χ2v) is 8.24. The van der Waals surface area contributed by atoms with E-state index in [0.29, 0.717) is 18.5 Å². The Kier molecular flexibility index (Phi) is 4.73. The third-order valence-corrected chi connectivity index (χ3v) is 5.55. The fourth-order valence-corrected chi connectivity index (χ4v) is 3.69. The molecule has 0 aliphatic carbocycles. The minimum absolute atomic E-state index is 0.00247. The highest BCUT2D eigenvalue weighted by atomic mass is 32.5. The summed E-state index contributed by atoms with van der Waals surface area (Å²) < 4.78 is 17.9. The highest BCUT2D eigenvalue weighted by Gasteiger charge is 2.39. The summed E-state index contributed by atoms with van der Waals surface area (Å²) in [6.45, 7) is -1.37. The van der Waals surface area contributed by atoms with E-state index in [1.807, 2.05) is 6.92 Å². The maximum Gasteiger partial charge on any atom is 0.324 e. The highest BCUT2D eigenvalue weighted by Crippen LogP contribution is 2.48. The number of rotatable bonds is 5. The Bertz CT molecular complexity index is 854. The highest BCUT2D eigenvalue weighted by molar-refractivity contribution is 8.07. The number of H-pyrrole nitrogens is 1. The number of nitrogens with one attached hydrogen (secondary N) is 1. The molecule has 0 spiro atoms. The summed E-state index contributed by atoms with van der Waals surface area (Å²) in [7, 11) is 1.30. The van der Waals surface area contributed by atoms with Crippen LogP contribution in [0.3, 0.4) is 0 Å². The van der Waals surface area contributed by atoms with Crippen molar-refractivity contribution < 1.29 is 18.7 Å². The van der Waals surface area contributed by atoms with Crippen LogP contribution in [0, 0.1) is 0 Å². The lowest BCUT2D eigenvalue weighted by Crippen LogP contribution is -2.22. The van der Waals surface area contributed by atoms with Gasteiger partial charge >= 0.3 is 6.72 Å². The topological polar surface area (TPSA) is 138 Å². The van der Waals surface area contributed by atoms with Crippen molar-refractivity contribution in [1.82, 2.24) is 19.5 Å². The summed E-state index contributed by atoms with van der Waals surface area (Å²) in [5.41, 5.74) is 5.69. The van der Waals surface area contributed by atoms with Crippen molar-refractivity contribution in [3.05, 3.63) is 16.7 Å². The van der Waals surface area contributed by atoms with Crippen molar-refractivity contribution in [1.29, 1.82) is 0 Å². The van der Waals surface area contributed by atoms with E-state index >= 15 is 0 Å². The molecule has 4 N–H and O–H groups in total. The molecular weight excluding hydrogens is 357 g/mol. The number of nitrogen functional groups attached to an aromatic ring is 1. The molecule has 0 saturated carbocycles. The summed E-state index contributed by atoms with van der Waals surface area (Å²) in [4.78, 5) is 32.3. The van der Waals surface area contributed by atoms with Gasteiger partial charge in [-0.05, 0) is 18.2 Å². The van der Waals surface area contributed by atoms with Crippen LogP contribution in [0.4, 0.5) is 5.95 Å². The number of anilines is 1. The summed E-state index contributed by atoms with van der Waals surface area (Å²) >= 11 is 4.91. The zero-order valence-electron chi connectivity index (χ0n) is 13.1. The molecule has 132 valence electrons. The molecule has 3 heterocycles. The lowest BCUT2D eigenvalue weighted by molar-refractivity contribution is -0.0163. The number of nitrogens with two attached hydrogens (primary N) is 1. The molecule has 1 saturated heterocycles. The van der Waals surface area contributed by atoms with Crippen LogP contribution in [0.5, 0.6) is 0 Å². The van der Waals surface area contributed by atoms with Crippen LogP contribution in [0.2, 0.25) is 0 Å². The smallest absolute Gasteiger partial charge is 0.324 e. The molecule has 24 heavy (non-hydrogen) atoms. The molecule has 1 aliphatic rings. The third kappa shape index (κ3) is 3.23. The first-order chi connectivity index (χ1) is 11.3. The predicted octanol–water partition coefficient (Wildman–Crippen LogP) is 0.648. The number of nitrogens with zero attached hydrogens (tertiary/aromatic N) is 3. The summed E-state index contributed by atoms with van der Waals surface area (Å²) in [5, 5.41) is 0. The Balaban J connectivity index is 1.91. The SMILES string of the molecule is CC[C@H]1O[C@@H](n2cnc3c(=O)[nH]c(N)nc32)CC1OP(O)(=S)OC. The van der Waals surface area contributed by atoms with E-state index < -0.39 is 24.6 Å². The van der Waals surface area contributed by atoms with Crippen molar-refractivity contribution in [3.8, 4) is 0 Å². The van der Waals surface area contributed by atoms with Crippen molar-refractivity contribution in [2.24, 2.45) is 0 Å². The first kappa shape index (κ1) is 17.5. The minimum atomic E-state index is -3.30. The minimum Gasteiger partial charge on any atom is -0.369 e. The Morgan fingerprint density at radius 2 is 2.42 bits per heavy atom. The van der Waals surface area contributed by atoms with Crippen LogP contribution < -0.4 is 11.3 Å². The molecule has 12 heteroatoms. The first-order valence-electron chi connectivity index (χ1n) is 7.29. The van der Waals surface area contributed by atoms with Crippen LogP contribution in [0.15, 0.2) is 11.1 Å². The molecular formula is C12H18N5O5PS. The van der Waals surface area contributed by atoms with Gasteiger partial charge in [0.15, 0.2) is 11.2 Å². The number of hydrogen-bond acceptors (Lipinski definition) is 8. The third-order valence-electron chi connectivity index (χ3n) is 3.84. The maximum absolute atomic E-state index is 11.9. The molecule has 10 nitrogen and oxygen atoms in total. The second-order valence-electron chi connectivity index (χ2n) is 5.34. The maximum atomic E-state index is 11.9. The van der Waals surface area contributed by atoms with Crippen LogP contribution in [-0.2, 0) is 25.6 Å². The standard InChI is InChI=1S/C12H18N5O5PS/c1-3-6-7(22-23(19,24)20-2)4-8(21-6)17-5-14-9-10(17)15-12(13)16-11(9)18/h5-8H,3-4H2,1-2H3,(H,19,24)(H3,13,15,16,18)/t6-,7?,8-,23?/m1/s1. The molecule has 3 rings (SSSR count). The van der Waals surface area contributed by atoms with Crippen molar-refractivity contribution in [2.45, 2.75) is 38.2 Å². The van der Waals surface area contributed by atoms with E-state index in [-0.39, 0.29) is 17.6 Å². The average Bonchev–Trinajstić information content (AvgIpc) is 3.10. The molecule has 0 bridgehead atoms. The van der Waals surface area contributed by atoms with E-state index in [0.717, 1.165) is 0 Å². The summed E-state index contributed by atoms with van der Waals surface area (Å²) in [5.74, 6) is -0.00247. The molecule has 2 aromatic heterocycles. The van der Waals surface area contributed by atoms with Crippen LogP contribution in [0.1, 0.15) is 26.0 Å². The van der Waals surface area contributed by atoms with Crippen molar-refractivity contribution in [2.75, 3.05) is 12.8 Å². The van der Waals surface area contributed by atoms with Gasteiger partial charge in [0.2, 0.25) is 5.95 Å². The lowest BCUT2D eigenvalue weighted by Gasteiger charge is -2.21. The molecule has 2 unspecified atom stereocenters. The van der Waals surface area contributed by atoms with Gasteiger partial charge in [-0.15, -0.1) is 0 Å². The fourth-order valence-electron chi connectivity index (χ4n) is 2.71. The number of imidazole rings is 1. The molecule has 4 atom stereocenters. The van der Waals surface area contributed by atoms with E-state index in [2.05, 4.69) is 15.0 Å². The van der Waals surface area contributed by atoms with Gasteiger partial charge in [-0.25, -0.2) is 4.98 Å². The van der Waals surface area contributed by atoms with Crippen molar-refractivity contribution >= 4 is 35.6 Å². The zero-order chi connectivity index (χ0) is 17.5. The van der Waals surface area contributed by atoms with Gasteiger partial charge in [-0.1, -0.05) is 6.92 Å². The van der Waals surface area contributed by atoms with Gasteiger partial charge in [0.05, 0.1) is 18.5 Å². The summed E-state index contributed by atoms with van der Waals surface area (Å²) in [6, 6.07) is 0. The van der Waals surface area contributed by atoms with E-state index in [1.165, 1.54) is 13.4 Å². The summed E-state index contributed by atoms with van der Waals surface area (Å²) in [6.07, 6.45) is 1.34. The molecule has 0 amide bonds. The fraction of sp³-hybridized carbons (Fsp3) is 0.583. The second kappa shape index (κ2) is 6.51. The van der Waals surface area contributed by atoms with Gasteiger partial charge in [-0.3, -0.25) is 14.3 Å². The number of fused-ring (bicyclic) bond motifs is 1. The Hall–Kier alpha value is -1.36. The Morgan fingerprint density at radius 3 is 3.08 bits per heavy atom. The predicted molar refractivity (Wildman–Crippen MR) is 89.8 cm³/mol. The average molecular weight is 375 g/mol. The number of ether oxygens (including phenoxy) is 1. The van der Waals surface area contributed by atoms with Gasteiger partial charge in [-0.2, -0.15) is 4.98 Å². The van der Waals surface area contributed by atoms with Crippen LogP contribution in [-0.4, -0.2) is 43.7 Å². The zero-order valence-corrected chi connectivity index (χ0v) is 14.8. The lowest BCUT2D eigenvalue weighted by atomic mass is 10.1. The number of hydrogen-bond donors (Lipinski definition) is 3. The first-order valence-corrected chi connectivity index (χ1v) is 9.88. The van der Waals surface area contributed by atoms with Crippen LogP contribution in [0.25, 0.3) is 11.2 Å². The Labute approximate surface area is 142 Å². The van der Waals surface area contributed by atoms with E-state index in [9.17, 15) is 9.69 Å². The molecule has 1 aliphatic heterocycles. The number of aromatic nitrogens is 4. The van der Waals surface area contributed by atoms with Gasteiger partial charge in [0, 0.05) is 13.5 Å². The number of aromatic amines is 1. The molecule has 1 fully saturated rings. The normalized spacial score (nSPS) is 26.7. The Morgan fingerprint density at radius 1 is 1.67 bits per heavy atom. The van der Waals surface area contributed by atoms with E-state index in [4.69, 9.17) is 31.3 Å². The molecule has 0 aromatic carbocycles. The molecule has 2 aromatic rings. The van der Waals surface area contributed by atoms with Gasteiger partial charge in [0.25, 0.3) is 5.56 Å². The largest absolute Gasteiger partial charge is 0.369 e. The monoisotopic (exact) mass is 375 g/mol.